The van der Waals surface area contributed by atoms with Gasteiger partial charge in [-0.05, 0) is 0 Å². The molecule has 0 saturated heterocycles. The van der Waals surface area contributed by atoms with Gasteiger partial charge in [-0.3, -0.25) is 0 Å². The minimum absolute atomic E-state index is 0.838. The Morgan fingerprint density at radius 1 is 1.23 bits per heavy atom. The Morgan fingerprint density at radius 2 is 2.00 bits per heavy atom. The molecule has 0 aliphatic rings. The van der Waals surface area contributed by atoms with Crippen LogP contribution in [0.4, 0.5) is 5.13 Å². The molecule has 0 atom stereocenters. The van der Waals surface area contributed by atoms with E-state index in [-0.39, 0.29) is 0 Å². The molecular weight excluding hydrogens is 202 g/mol. The van der Waals surface area contributed by atoms with Gasteiger partial charge in [-0.15, -0.1) is 22.7 Å². The summed E-state index contributed by atoms with van der Waals surface area (Å²) < 4.78 is 0. The minimum Gasteiger partial charge on any atom is -0.344 e. The van der Waals surface area contributed by atoms with Gasteiger partial charge in [0.15, 0.2) is 5.13 Å². The molecule has 2 heterocycles. The van der Waals surface area contributed by atoms with Crippen molar-refractivity contribution in [2.75, 3.05) is 11.9 Å². The second-order valence-corrected chi connectivity index (χ2v) is 4.45. The maximum atomic E-state index is 4.22. The van der Waals surface area contributed by atoms with Crippen molar-refractivity contribution in [1.82, 2.24) is 9.97 Å². The number of aromatic nitrogens is 2. The van der Waals surface area contributed by atoms with E-state index in [2.05, 4.69) is 14.9 Å². The highest BCUT2D eigenvalue weighted by atomic mass is 32.1. The molecule has 5 heteroatoms. The zero-order valence-corrected chi connectivity index (χ0v) is 8.81. The first kappa shape index (κ1) is 8.65. The fourth-order valence-electron chi connectivity index (χ4n) is 1.01. The summed E-state index contributed by atoms with van der Waals surface area (Å²) >= 11 is 3.32. The first-order chi connectivity index (χ1) is 6.36. The van der Waals surface area contributed by atoms with E-state index in [4.69, 9.17) is 0 Å². The Balaban J connectivity index is 2.04. The Labute approximate surface area is 84.7 Å². The van der Waals surface area contributed by atoms with Crippen LogP contribution in [-0.4, -0.2) is 17.0 Å². The van der Waals surface area contributed by atoms with Crippen LogP contribution in [0.25, 0.3) is 0 Å². The van der Waals surface area contributed by atoms with Crippen molar-refractivity contribution in [3.8, 4) is 0 Å². The zero-order valence-electron chi connectivity index (χ0n) is 7.17. The number of thiazole rings is 2. The van der Waals surface area contributed by atoms with Crippen LogP contribution in [0.15, 0.2) is 23.2 Å². The van der Waals surface area contributed by atoms with Crippen LogP contribution in [0, 0.1) is 0 Å². The normalized spacial score (nSPS) is 10.2. The Morgan fingerprint density at radius 3 is 2.62 bits per heavy atom. The molecule has 13 heavy (non-hydrogen) atoms. The Hall–Kier alpha value is -0.940. The third-order valence-electron chi connectivity index (χ3n) is 1.60. The molecule has 0 radical (unpaired) electrons. The fraction of sp³-hybridized carbons (Fsp3) is 0.250. The standard InChI is InChI=1S/C8H9N3S2/c1-11(8-10-3-5-13-8)6-7-9-2-4-12-7/h2-5H,6H2,1H3. The first-order valence-corrected chi connectivity index (χ1v) is 5.61. The fourth-order valence-corrected chi connectivity index (χ4v) is 2.28. The molecular formula is C8H9N3S2. The van der Waals surface area contributed by atoms with E-state index in [1.807, 2.05) is 30.2 Å². The third kappa shape index (κ3) is 2.05. The van der Waals surface area contributed by atoms with Crippen molar-refractivity contribution in [1.29, 1.82) is 0 Å². The Kier molecular flexibility index (Phi) is 2.56. The number of rotatable bonds is 3. The van der Waals surface area contributed by atoms with E-state index in [9.17, 15) is 0 Å². The van der Waals surface area contributed by atoms with Gasteiger partial charge in [0.05, 0.1) is 6.54 Å². The molecule has 0 unspecified atom stereocenters. The van der Waals surface area contributed by atoms with Crippen LogP contribution in [0.1, 0.15) is 5.01 Å². The maximum absolute atomic E-state index is 4.22. The van der Waals surface area contributed by atoms with Crippen molar-refractivity contribution < 1.29 is 0 Å². The second kappa shape index (κ2) is 3.85. The van der Waals surface area contributed by atoms with Crippen LogP contribution >= 0.6 is 22.7 Å². The average Bonchev–Trinajstić information content (AvgIpc) is 2.74. The summed E-state index contributed by atoms with van der Waals surface area (Å²) in [4.78, 5) is 10.5. The van der Waals surface area contributed by atoms with Gasteiger partial charge < -0.3 is 4.90 Å². The van der Waals surface area contributed by atoms with Crippen LogP contribution in [0.3, 0.4) is 0 Å². The largest absolute Gasteiger partial charge is 0.344 e. The molecule has 0 spiro atoms. The van der Waals surface area contributed by atoms with Crippen molar-refractivity contribution in [2.45, 2.75) is 6.54 Å². The molecule has 0 aliphatic carbocycles. The molecule has 0 saturated carbocycles. The lowest BCUT2D eigenvalue weighted by atomic mass is 10.6. The maximum Gasteiger partial charge on any atom is 0.185 e. The Bertz CT molecular complexity index is 341. The SMILES string of the molecule is CN(Cc1nccs1)c1nccs1. The zero-order chi connectivity index (χ0) is 9.10. The van der Waals surface area contributed by atoms with E-state index in [1.165, 1.54) is 0 Å². The summed E-state index contributed by atoms with van der Waals surface area (Å²) in [6.07, 6.45) is 3.65. The van der Waals surface area contributed by atoms with Crippen molar-refractivity contribution >= 4 is 27.8 Å². The summed E-state index contributed by atoms with van der Waals surface area (Å²) in [5.41, 5.74) is 0. The van der Waals surface area contributed by atoms with Crippen LogP contribution in [0.2, 0.25) is 0 Å². The van der Waals surface area contributed by atoms with Gasteiger partial charge >= 0.3 is 0 Å². The average molecular weight is 211 g/mol. The molecule has 0 aliphatic heterocycles. The molecule has 68 valence electrons. The van der Waals surface area contributed by atoms with Gasteiger partial charge in [0.1, 0.15) is 5.01 Å². The van der Waals surface area contributed by atoms with E-state index < -0.39 is 0 Å². The molecule has 3 nitrogen and oxygen atoms in total. The minimum atomic E-state index is 0.838. The first-order valence-electron chi connectivity index (χ1n) is 3.85. The second-order valence-electron chi connectivity index (χ2n) is 2.60. The number of anilines is 1. The molecule has 2 aromatic rings. The van der Waals surface area contributed by atoms with E-state index >= 15 is 0 Å². The highest BCUT2D eigenvalue weighted by Gasteiger charge is 2.04. The smallest absolute Gasteiger partial charge is 0.185 e. The van der Waals surface area contributed by atoms with Gasteiger partial charge in [-0.25, -0.2) is 9.97 Å². The van der Waals surface area contributed by atoms with Gasteiger partial charge in [0.2, 0.25) is 0 Å². The van der Waals surface area contributed by atoms with Crippen molar-refractivity contribution in [3.05, 3.63) is 28.2 Å². The third-order valence-corrected chi connectivity index (χ3v) is 3.25. The van der Waals surface area contributed by atoms with Crippen LogP contribution < -0.4 is 4.90 Å². The summed E-state index contributed by atoms with van der Waals surface area (Å²) in [5, 5.41) is 6.13. The van der Waals surface area contributed by atoms with Crippen molar-refractivity contribution in [2.24, 2.45) is 0 Å². The molecule has 2 rings (SSSR count). The van der Waals surface area contributed by atoms with Crippen LogP contribution in [-0.2, 0) is 6.54 Å². The lowest BCUT2D eigenvalue weighted by molar-refractivity contribution is 0.903. The van der Waals surface area contributed by atoms with Gasteiger partial charge in [-0.1, -0.05) is 0 Å². The van der Waals surface area contributed by atoms with Gasteiger partial charge in [-0.2, -0.15) is 0 Å². The van der Waals surface area contributed by atoms with Gasteiger partial charge in [0, 0.05) is 30.2 Å². The topological polar surface area (TPSA) is 29.0 Å². The number of nitrogens with zero attached hydrogens (tertiary/aromatic N) is 3. The highest BCUT2D eigenvalue weighted by Crippen LogP contribution is 2.18. The predicted molar refractivity (Wildman–Crippen MR) is 56.3 cm³/mol. The summed E-state index contributed by atoms with van der Waals surface area (Å²) in [6, 6.07) is 0. The van der Waals surface area contributed by atoms with Gasteiger partial charge in [0.25, 0.3) is 0 Å². The summed E-state index contributed by atoms with van der Waals surface area (Å²) in [5.74, 6) is 0. The molecule has 0 amide bonds. The molecule has 0 aromatic carbocycles. The molecule has 0 N–H and O–H groups in total. The number of hydrogen-bond acceptors (Lipinski definition) is 5. The van der Waals surface area contributed by atoms with Crippen molar-refractivity contribution in [3.63, 3.8) is 0 Å². The summed E-state index contributed by atoms with van der Waals surface area (Å²) in [6.45, 7) is 0.838. The monoisotopic (exact) mass is 211 g/mol. The quantitative estimate of drug-likeness (QED) is 0.779. The van der Waals surface area contributed by atoms with Crippen LogP contribution in [0.5, 0.6) is 0 Å². The highest BCUT2D eigenvalue weighted by molar-refractivity contribution is 7.13. The molecule has 2 aromatic heterocycles. The van der Waals surface area contributed by atoms with E-state index in [1.54, 1.807) is 22.7 Å². The summed E-state index contributed by atoms with van der Waals surface area (Å²) in [7, 11) is 2.03. The van der Waals surface area contributed by atoms with E-state index in [0.717, 1.165) is 16.7 Å². The molecule has 0 bridgehead atoms. The molecule has 0 fully saturated rings. The van der Waals surface area contributed by atoms with E-state index in [0.29, 0.717) is 0 Å². The lowest BCUT2D eigenvalue weighted by Gasteiger charge is -2.12. The predicted octanol–water partition coefficient (Wildman–Crippen LogP) is 2.24. The number of hydrogen-bond donors (Lipinski definition) is 0. The lowest BCUT2D eigenvalue weighted by Crippen LogP contribution is -2.15.